The first-order chi connectivity index (χ1) is 10.2. The molecule has 3 aromatic rings. The molecule has 1 unspecified atom stereocenters. The molecule has 2 aromatic heterocycles. The smallest absolute Gasteiger partial charge is 0.237 e. The second-order valence-electron chi connectivity index (χ2n) is 5.81. The summed E-state index contributed by atoms with van der Waals surface area (Å²) in [5, 5.41) is 2.37. The van der Waals surface area contributed by atoms with Crippen molar-refractivity contribution in [3.63, 3.8) is 0 Å². The van der Waals surface area contributed by atoms with Gasteiger partial charge in [-0.05, 0) is 18.1 Å². The predicted molar refractivity (Wildman–Crippen MR) is 84.7 cm³/mol. The van der Waals surface area contributed by atoms with E-state index in [1.165, 1.54) is 5.39 Å². The van der Waals surface area contributed by atoms with Crippen molar-refractivity contribution in [2.45, 2.75) is 19.9 Å². The Morgan fingerprint density at radius 2 is 2.05 bits per heavy atom. The maximum absolute atomic E-state index is 5.78. The molecule has 1 atom stereocenters. The fourth-order valence-electron chi connectivity index (χ4n) is 2.80. The van der Waals surface area contributed by atoms with Gasteiger partial charge in [-0.1, -0.05) is 32.0 Å². The second kappa shape index (κ2) is 4.58. The summed E-state index contributed by atoms with van der Waals surface area (Å²) < 4.78 is 5.78. The Balaban J connectivity index is 1.92. The van der Waals surface area contributed by atoms with Crippen LogP contribution in [0.5, 0.6) is 0 Å². The molecule has 4 heteroatoms. The number of fused-ring (bicyclic) bond motifs is 3. The minimum absolute atomic E-state index is 0.224. The second-order valence-corrected chi connectivity index (χ2v) is 5.81. The predicted octanol–water partition coefficient (Wildman–Crippen LogP) is 3.52. The number of aromatic nitrogens is 2. The third-order valence-electron chi connectivity index (χ3n) is 4.07. The van der Waals surface area contributed by atoms with Gasteiger partial charge in [0.05, 0.1) is 11.6 Å². The Labute approximate surface area is 122 Å². The zero-order chi connectivity index (χ0) is 14.4. The molecule has 0 spiro atoms. The molecule has 1 aromatic carbocycles. The van der Waals surface area contributed by atoms with Gasteiger partial charge in [-0.25, -0.2) is 9.98 Å². The molecule has 0 fully saturated rings. The van der Waals surface area contributed by atoms with Crippen LogP contribution in [0.2, 0.25) is 0 Å². The highest BCUT2D eigenvalue weighted by molar-refractivity contribution is 6.14. The van der Waals surface area contributed by atoms with E-state index in [0.717, 1.165) is 22.1 Å². The molecular weight excluding hydrogens is 262 g/mol. The van der Waals surface area contributed by atoms with Gasteiger partial charge in [0, 0.05) is 22.5 Å². The third kappa shape index (κ3) is 1.90. The highest BCUT2D eigenvalue weighted by Gasteiger charge is 2.25. The topological polar surface area (TPSA) is 50.3 Å². The summed E-state index contributed by atoms with van der Waals surface area (Å²) in [6.07, 6.45) is 1.83. The molecule has 1 aliphatic heterocycles. The Hall–Kier alpha value is -2.36. The average Bonchev–Trinajstić information content (AvgIpc) is 3.11. The van der Waals surface area contributed by atoms with E-state index in [9.17, 15) is 0 Å². The van der Waals surface area contributed by atoms with Crippen LogP contribution < -0.4 is 0 Å². The van der Waals surface area contributed by atoms with Crippen molar-refractivity contribution >= 4 is 27.7 Å². The van der Waals surface area contributed by atoms with E-state index < -0.39 is 0 Å². The molecule has 4 nitrogen and oxygen atoms in total. The number of para-hydroxylation sites is 1. The van der Waals surface area contributed by atoms with Gasteiger partial charge in [-0.3, -0.25) is 0 Å². The highest BCUT2D eigenvalue weighted by Crippen LogP contribution is 2.28. The van der Waals surface area contributed by atoms with E-state index in [1.807, 2.05) is 24.4 Å². The minimum atomic E-state index is 0.224. The van der Waals surface area contributed by atoms with Gasteiger partial charge in [0.25, 0.3) is 0 Å². The molecule has 0 aliphatic carbocycles. The van der Waals surface area contributed by atoms with Crippen molar-refractivity contribution in [3.8, 4) is 0 Å². The number of aliphatic imine (C=N–C) groups is 1. The molecule has 0 saturated heterocycles. The Bertz CT molecular complexity index is 847. The Morgan fingerprint density at radius 3 is 2.86 bits per heavy atom. The first-order valence-corrected chi connectivity index (χ1v) is 7.30. The lowest BCUT2D eigenvalue weighted by atomic mass is 10.1. The van der Waals surface area contributed by atoms with Crippen LogP contribution >= 0.6 is 0 Å². The lowest BCUT2D eigenvalue weighted by Crippen LogP contribution is -2.13. The zero-order valence-corrected chi connectivity index (χ0v) is 12.1. The summed E-state index contributed by atoms with van der Waals surface area (Å²) in [7, 11) is 0. The fourth-order valence-corrected chi connectivity index (χ4v) is 2.80. The van der Waals surface area contributed by atoms with Gasteiger partial charge in [0.2, 0.25) is 5.90 Å². The Morgan fingerprint density at radius 1 is 1.19 bits per heavy atom. The normalized spacial score (nSPS) is 18.4. The van der Waals surface area contributed by atoms with Crippen LogP contribution in [0.4, 0.5) is 0 Å². The van der Waals surface area contributed by atoms with E-state index in [-0.39, 0.29) is 6.04 Å². The van der Waals surface area contributed by atoms with Gasteiger partial charge in [-0.2, -0.15) is 0 Å². The quantitative estimate of drug-likeness (QED) is 0.780. The van der Waals surface area contributed by atoms with Crippen LogP contribution in [-0.4, -0.2) is 28.5 Å². The summed E-state index contributed by atoms with van der Waals surface area (Å²) in [6, 6.07) is 10.5. The third-order valence-corrected chi connectivity index (χ3v) is 4.07. The molecule has 4 rings (SSSR count). The first-order valence-electron chi connectivity index (χ1n) is 7.30. The highest BCUT2D eigenvalue weighted by atomic mass is 16.5. The van der Waals surface area contributed by atoms with E-state index in [0.29, 0.717) is 18.4 Å². The molecule has 106 valence electrons. The van der Waals surface area contributed by atoms with Gasteiger partial charge in [0.15, 0.2) is 0 Å². The Kier molecular flexibility index (Phi) is 2.70. The number of ether oxygens (including phenoxy) is 1. The number of nitrogens with zero attached hydrogens (tertiary/aromatic N) is 2. The molecule has 0 bridgehead atoms. The van der Waals surface area contributed by atoms with Crippen molar-refractivity contribution < 1.29 is 4.74 Å². The van der Waals surface area contributed by atoms with E-state index in [4.69, 9.17) is 9.73 Å². The van der Waals surface area contributed by atoms with Crippen LogP contribution in [-0.2, 0) is 4.74 Å². The van der Waals surface area contributed by atoms with Crippen molar-refractivity contribution in [3.05, 3.63) is 42.2 Å². The van der Waals surface area contributed by atoms with E-state index >= 15 is 0 Å². The largest absolute Gasteiger partial charge is 0.474 e. The molecule has 0 radical (unpaired) electrons. The van der Waals surface area contributed by atoms with Gasteiger partial charge >= 0.3 is 0 Å². The van der Waals surface area contributed by atoms with Crippen molar-refractivity contribution in [2.75, 3.05) is 6.61 Å². The first kappa shape index (κ1) is 12.4. The summed E-state index contributed by atoms with van der Waals surface area (Å²) in [4.78, 5) is 12.6. The number of pyridine rings is 1. The van der Waals surface area contributed by atoms with Crippen LogP contribution in [0.25, 0.3) is 21.8 Å². The summed E-state index contributed by atoms with van der Waals surface area (Å²) in [6.45, 7) is 4.97. The average molecular weight is 279 g/mol. The number of aromatic amines is 1. The molecular formula is C17H17N3O. The van der Waals surface area contributed by atoms with Gasteiger partial charge in [0.1, 0.15) is 12.3 Å². The summed E-state index contributed by atoms with van der Waals surface area (Å²) in [5.41, 5.74) is 2.93. The van der Waals surface area contributed by atoms with Crippen molar-refractivity contribution in [2.24, 2.45) is 10.9 Å². The number of benzene rings is 1. The standard InChI is InChI=1S/C17H17N3O/c1-10(2)14-9-21-17(20-14)16-15-12(7-8-18-16)11-5-3-4-6-13(11)19-15/h3-8,10,14,19H,9H2,1-2H3. The number of nitrogens with one attached hydrogen (secondary N) is 1. The summed E-state index contributed by atoms with van der Waals surface area (Å²) >= 11 is 0. The monoisotopic (exact) mass is 279 g/mol. The minimum Gasteiger partial charge on any atom is -0.474 e. The molecule has 1 aliphatic rings. The maximum Gasteiger partial charge on any atom is 0.237 e. The SMILES string of the molecule is CC(C)C1COC(c2nccc3c2[nH]c2ccccc23)=N1. The van der Waals surface area contributed by atoms with Crippen LogP contribution in [0.1, 0.15) is 19.5 Å². The van der Waals surface area contributed by atoms with Crippen LogP contribution in [0, 0.1) is 5.92 Å². The lowest BCUT2D eigenvalue weighted by Gasteiger charge is -2.06. The van der Waals surface area contributed by atoms with Gasteiger partial charge in [-0.15, -0.1) is 0 Å². The molecule has 21 heavy (non-hydrogen) atoms. The number of rotatable bonds is 2. The van der Waals surface area contributed by atoms with Crippen molar-refractivity contribution in [1.29, 1.82) is 0 Å². The van der Waals surface area contributed by atoms with Crippen LogP contribution in [0.3, 0.4) is 0 Å². The maximum atomic E-state index is 5.78. The number of hydrogen-bond donors (Lipinski definition) is 1. The van der Waals surface area contributed by atoms with E-state index in [2.05, 4.69) is 35.9 Å². The van der Waals surface area contributed by atoms with Gasteiger partial charge < -0.3 is 9.72 Å². The zero-order valence-electron chi connectivity index (χ0n) is 12.1. The molecule has 1 N–H and O–H groups in total. The number of H-pyrrole nitrogens is 1. The summed E-state index contributed by atoms with van der Waals surface area (Å²) in [5.74, 6) is 1.13. The lowest BCUT2D eigenvalue weighted by molar-refractivity contribution is 0.291. The molecule has 3 heterocycles. The molecule has 0 saturated carbocycles. The number of hydrogen-bond acceptors (Lipinski definition) is 3. The van der Waals surface area contributed by atoms with Crippen molar-refractivity contribution in [1.82, 2.24) is 9.97 Å². The van der Waals surface area contributed by atoms with Crippen LogP contribution in [0.15, 0.2) is 41.5 Å². The molecule has 0 amide bonds. The fraction of sp³-hybridized carbons (Fsp3) is 0.294. The van der Waals surface area contributed by atoms with E-state index in [1.54, 1.807) is 0 Å².